The normalized spacial score (nSPS) is 11.9. The maximum atomic E-state index is 12.2. The number of hydrogen-bond donors (Lipinski definition) is 4. The van der Waals surface area contributed by atoms with Gasteiger partial charge in [-0.15, -0.1) is 0 Å². The van der Waals surface area contributed by atoms with E-state index in [1.165, 1.54) is 24.3 Å². The summed E-state index contributed by atoms with van der Waals surface area (Å²) in [6, 6.07) is 5.99. The minimum absolute atomic E-state index is 0.0179. The molecule has 1 heterocycles. The Hall–Kier alpha value is -2.49. The number of nitrogens with two attached hydrogens (primary N) is 1. The molecular formula is C13H10ClN3O5S. The number of aromatic amines is 1. The van der Waals surface area contributed by atoms with E-state index in [0.29, 0.717) is 5.52 Å². The number of rotatable bonds is 2. The number of nitrogens with zero attached hydrogens (tertiary/aromatic N) is 1. The van der Waals surface area contributed by atoms with E-state index in [1.807, 2.05) is 0 Å². The van der Waals surface area contributed by atoms with Crippen molar-refractivity contribution in [3.63, 3.8) is 0 Å². The van der Waals surface area contributed by atoms with Gasteiger partial charge in [0.1, 0.15) is 11.5 Å². The van der Waals surface area contributed by atoms with Crippen LogP contribution in [0.4, 0.5) is 0 Å². The molecule has 8 nitrogen and oxygen atoms in total. The number of aromatic nitrogens is 2. The Morgan fingerprint density at radius 3 is 2.48 bits per heavy atom. The van der Waals surface area contributed by atoms with Gasteiger partial charge in [0.2, 0.25) is 10.0 Å². The molecule has 120 valence electrons. The van der Waals surface area contributed by atoms with E-state index < -0.39 is 21.5 Å². The van der Waals surface area contributed by atoms with Gasteiger partial charge in [0, 0.05) is 6.07 Å². The fourth-order valence-corrected chi connectivity index (χ4v) is 2.91. The van der Waals surface area contributed by atoms with Crippen LogP contribution in [0.1, 0.15) is 0 Å². The summed E-state index contributed by atoms with van der Waals surface area (Å²) in [4.78, 5) is 14.5. The largest absolute Gasteiger partial charge is 0.506 e. The SMILES string of the molecule is NS(=O)(=O)c1ccc2[nH]c(=O)n(-c3cc(Cl)c(O)cc3O)c2c1. The molecule has 0 amide bonds. The lowest BCUT2D eigenvalue weighted by atomic mass is 10.2. The van der Waals surface area contributed by atoms with Crippen LogP contribution in [-0.2, 0) is 10.0 Å². The third-order valence-corrected chi connectivity index (χ3v) is 4.48. The fraction of sp³-hybridized carbons (Fsp3) is 0. The van der Waals surface area contributed by atoms with E-state index in [4.69, 9.17) is 16.7 Å². The second kappa shape index (κ2) is 5.01. The molecule has 0 spiro atoms. The van der Waals surface area contributed by atoms with E-state index in [1.54, 1.807) is 0 Å². The summed E-state index contributed by atoms with van der Waals surface area (Å²) in [5.74, 6) is -0.762. The van der Waals surface area contributed by atoms with Gasteiger partial charge < -0.3 is 15.2 Å². The van der Waals surface area contributed by atoms with Gasteiger partial charge in [-0.3, -0.25) is 4.57 Å². The molecule has 1 aromatic heterocycles. The summed E-state index contributed by atoms with van der Waals surface area (Å²) in [6.07, 6.45) is 0. The Kier molecular flexibility index (Phi) is 3.36. The standard InChI is InChI=1S/C13H10ClN3O5S/c14-7-4-10(12(19)5-11(7)18)17-9-3-6(23(15,21)22)1-2-8(9)16-13(17)20/h1-5,18-19H,(H,16,20)(H2,15,21,22). The van der Waals surface area contributed by atoms with E-state index in [2.05, 4.69) is 4.98 Å². The molecule has 0 radical (unpaired) electrons. The van der Waals surface area contributed by atoms with Crippen molar-refractivity contribution in [3.8, 4) is 17.2 Å². The highest BCUT2D eigenvalue weighted by Crippen LogP contribution is 2.34. The molecule has 0 saturated carbocycles. The molecule has 0 aliphatic heterocycles. The van der Waals surface area contributed by atoms with E-state index in [0.717, 1.165) is 10.6 Å². The molecule has 0 aliphatic carbocycles. The van der Waals surface area contributed by atoms with Crippen LogP contribution in [-0.4, -0.2) is 28.2 Å². The zero-order valence-corrected chi connectivity index (χ0v) is 12.9. The quantitative estimate of drug-likeness (QED) is 0.543. The lowest BCUT2D eigenvalue weighted by Crippen LogP contribution is -2.15. The minimum Gasteiger partial charge on any atom is -0.506 e. The summed E-state index contributed by atoms with van der Waals surface area (Å²) < 4.78 is 24.0. The number of phenolic OH excluding ortho intramolecular Hbond substituents is 2. The molecule has 5 N–H and O–H groups in total. The number of H-pyrrole nitrogens is 1. The third kappa shape index (κ3) is 2.54. The average molecular weight is 356 g/mol. The molecule has 0 saturated heterocycles. The lowest BCUT2D eigenvalue weighted by molar-refractivity contribution is 0.449. The summed E-state index contributed by atoms with van der Waals surface area (Å²) >= 11 is 5.81. The van der Waals surface area contributed by atoms with Crippen LogP contribution in [0, 0.1) is 0 Å². The van der Waals surface area contributed by atoms with Gasteiger partial charge in [-0.1, -0.05) is 11.6 Å². The second-order valence-electron chi connectivity index (χ2n) is 4.78. The van der Waals surface area contributed by atoms with Crippen LogP contribution in [0.25, 0.3) is 16.7 Å². The molecule has 2 aromatic carbocycles. The first kappa shape index (κ1) is 15.4. The van der Waals surface area contributed by atoms with Crippen molar-refractivity contribution in [1.82, 2.24) is 9.55 Å². The number of halogens is 1. The summed E-state index contributed by atoms with van der Waals surface area (Å²) in [5, 5.41) is 24.4. The smallest absolute Gasteiger partial charge is 0.331 e. The summed E-state index contributed by atoms with van der Waals surface area (Å²) in [7, 11) is -3.97. The van der Waals surface area contributed by atoms with Gasteiger partial charge in [-0.2, -0.15) is 0 Å². The Bertz CT molecular complexity index is 1100. The van der Waals surface area contributed by atoms with Crippen molar-refractivity contribution in [2.75, 3.05) is 0 Å². The zero-order chi connectivity index (χ0) is 16.9. The molecule has 0 bridgehead atoms. The Morgan fingerprint density at radius 2 is 1.83 bits per heavy atom. The van der Waals surface area contributed by atoms with Crippen molar-refractivity contribution in [2.24, 2.45) is 5.14 Å². The molecule has 3 rings (SSSR count). The van der Waals surface area contributed by atoms with Crippen molar-refractivity contribution in [1.29, 1.82) is 0 Å². The zero-order valence-electron chi connectivity index (χ0n) is 11.3. The number of aromatic hydroxyl groups is 2. The lowest BCUT2D eigenvalue weighted by Gasteiger charge is -2.08. The molecule has 3 aromatic rings. The van der Waals surface area contributed by atoms with Crippen LogP contribution in [0.5, 0.6) is 11.5 Å². The van der Waals surface area contributed by atoms with E-state index in [-0.39, 0.29) is 26.9 Å². The highest BCUT2D eigenvalue weighted by molar-refractivity contribution is 7.89. The molecular weight excluding hydrogens is 346 g/mol. The summed E-state index contributed by atoms with van der Waals surface area (Å²) in [5.41, 5.74) is -0.121. The van der Waals surface area contributed by atoms with Gasteiger partial charge in [-0.25, -0.2) is 18.4 Å². The average Bonchev–Trinajstić information content (AvgIpc) is 2.77. The molecule has 0 atom stereocenters. The first-order valence-corrected chi connectivity index (χ1v) is 8.10. The van der Waals surface area contributed by atoms with Gasteiger partial charge in [0.05, 0.1) is 26.6 Å². The van der Waals surface area contributed by atoms with Crippen molar-refractivity contribution in [2.45, 2.75) is 4.90 Å². The number of primary sulfonamides is 1. The van der Waals surface area contributed by atoms with Gasteiger partial charge in [-0.05, 0) is 24.3 Å². The predicted molar refractivity (Wildman–Crippen MR) is 83.6 cm³/mol. The molecule has 10 heteroatoms. The third-order valence-electron chi connectivity index (χ3n) is 3.27. The van der Waals surface area contributed by atoms with Gasteiger partial charge in [0.25, 0.3) is 0 Å². The Balaban J connectivity index is 2.40. The van der Waals surface area contributed by atoms with Crippen LogP contribution >= 0.6 is 11.6 Å². The second-order valence-corrected chi connectivity index (χ2v) is 6.75. The minimum atomic E-state index is -3.97. The summed E-state index contributed by atoms with van der Waals surface area (Å²) in [6.45, 7) is 0. The van der Waals surface area contributed by atoms with Gasteiger partial charge >= 0.3 is 5.69 Å². The number of hydrogen-bond acceptors (Lipinski definition) is 5. The maximum absolute atomic E-state index is 12.2. The van der Waals surface area contributed by atoms with Crippen LogP contribution < -0.4 is 10.8 Å². The number of sulfonamides is 1. The monoisotopic (exact) mass is 355 g/mol. The molecule has 0 fully saturated rings. The predicted octanol–water partition coefficient (Wildman–Crippen LogP) is 1.03. The first-order chi connectivity index (χ1) is 10.7. The van der Waals surface area contributed by atoms with Crippen molar-refractivity contribution < 1.29 is 18.6 Å². The van der Waals surface area contributed by atoms with Crippen LogP contribution in [0.15, 0.2) is 40.0 Å². The Morgan fingerprint density at radius 1 is 1.13 bits per heavy atom. The van der Waals surface area contributed by atoms with Crippen LogP contribution in [0.2, 0.25) is 5.02 Å². The highest BCUT2D eigenvalue weighted by atomic mass is 35.5. The molecule has 0 unspecified atom stereocenters. The maximum Gasteiger partial charge on any atom is 0.331 e. The van der Waals surface area contributed by atoms with Crippen LogP contribution in [0.3, 0.4) is 0 Å². The first-order valence-electron chi connectivity index (χ1n) is 6.18. The highest BCUT2D eigenvalue weighted by Gasteiger charge is 2.17. The molecule has 23 heavy (non-hydrogen) atoms. The Labute approximate surface area is 134 Å². The number of benzene rings is 2. The number of fused-ring (bicyclic) bond motifs is 1. The van der Waals surface area contributed by atoms with E-state index in [9.17, 15) is 23.4 Å². The number of phenols is 2. The van der Waals surface area contributed by atoms with Crippen molar-refractivity contribution >= 4 is 32.7 Å². The number of imidazole rings is 1. The topological polar surface area (TPSA) is 138 Å². The van der Waals surface area contributed by atoms with E-state index >= 15 is 0 Å². The van der Waals surface area contributed by atoms with Gasteiger partial charge in [0.15, 0.2) is 0 Å². The molecule has 0 aliphatic rings. The number of nitrogens with one attached hydrogen (secondary N) is 1. The van der Waals surface area contributed by atoms with Crippen molar-refractivity contribution in [3.05, 3.63) is 45.8 Å². The fourth-order valence-electron chi connectivity index (χ4n) is 2.22.